The number of halogens is 1. The number of carbonyl (C=O) groups is 2. The van der Waals surface area contributed by atoms with Crippen LogP contribution in [0.5, 0.6) is 0 Å². The maximum Gasteiger partial charge on any atom is 0.417 e. The predicted octanol–water partition coefficient (Wildman–Crippen LogP) is 3.06. The second kappa shape index (κ2) is 8.95. The molecule has 9 heteroatoms. The first-order chi connectivity index (χ1) is 13.9. The number of aromatic nitrogens is 1. The van der Waals surface area contributed by atoms with Crippen LogP contribution in [-0.4, -0.2) is 34.8 Å². The van der Waals surface area contributed by atoms with E-state index in [0.717, 1.165) is 6.07 Å². The first-order valence-corrected chi connectivity index (χ1v) is 10.3. The number of hydrogen-bond donors (Lipinski definition) is 3. The van der Waals surface area contributed by atoms with Gasteiger partial charge in [-0.3, -0.25) is 14.6 Å². The Morgan fingerprint density at radius 3 is 2.76 bits per heavy atom. The van der Waals surface area contributed by atoms with Gasteiger partial charge in [0.25, 0.3) is 5.91 Å². The second-order valence-electron chi connectivity index (χ2n) is 6.49. The van der Waals surface area contributed by atoms with Crippen LogP contribution in [0, 0.1) is 12.7 Å². The molecule has 29 heavy (non-hydrogen) atoms. The molecule has 7 nitrogen and oxygen atoms in total. The van der Waals surface area contributed by atoms with Crippen molar-refractivity contribution >= 4 is 40.4 Å². The smallest absolute Gasteiger partial charge is 0.408 e. The highest BCUT2D eigenvalue weighted by Crippen LogP contribution is 2.17. The van der Waals surface area contributed by atoms with E-state index in [9.17, 15) is 18.8 Å². The third-order valence-electron chi connectivity index (χ3n) is 4.35. The molecule has 1 heterocycles. The summed E-state index contributed by atoms with van der Waals surface area (Å²) in [5, 5.41) is 5.40. The number of nitrogens with one attached hydrogen (secondary N) is 3. The number of anilines is 1. The summed E-state index contributed by atoms with van der Waals surface area (Å²) in [7, 11) is 0. The number of aromatic amines is 1. The fourth-order valence-corrected chi connectivity index (χ4v) is 3.21. The van der Waals surface area contributed by atoms with Crippen LogP contribution in [0.4, 0.5) is 10.1 Å². The minimum Gasteiger partial charge on any atom is -0.408 e. The van der Waals surface area contributed by atoms with Gasteiger partial charge in [-0.25, -0.2) is 9.18 Å². The molecule has 1 atom stereocenters. The van der Waals surface area contributed by atoms with Gasteiger partial charge in [-0.15, -0.1) is 0 Å². The van der Waals surface area contributed by atoms with Crippen LogP contribution in [0.15, 0.2) is 45.6 Å². The monoisotopic (exact) mass is 417 g/mol. The van der Waals surface area contributed by atoms with Crippen LogP contribution in [0.3, 0.4) is 0 Å². The minimum absolute atomic E-state index is 0.146. The summed E-state index contributed by atoms with van der Waals surface area (Å²) in [4.78, 5) is 39.0. The van der Waals surface area contributed by atoms with Crippen LogP contribution >= 0.6 is 11.8 Å². The molecular weight excluding hydrogens is 397 g/mol. The Morgan fingerprint density at radius 2 is 2.03 bits per heavy atom. The van der Waals surface area contributed by atoms with Crippen molar-refractivity contribution in [2.45, 2.75) is 19.4 Å². The van der Waals surface area contributed by atoms with E-state index in [4.69, 9.17) is 4.42 Å². The van der Waals surface area contributed by atoms with E-state index in [-0.39, 0.29) is 5.56 Å². The zero-order chi connectivity index (χ0) is 21.0. The normalized spacial score (nSPS) is 12.0. The van der Waals surface area contributed by atoms with Gasteiger partial charge in [0.05, 0.1) is 5.52 Å². The number of benzene rings is 2. The fraction of sp³-hybridized carbons (Fsp3) is 0.250. The van der Waals surface area contributed by atoms with E-state index in [1.165, 1.54) is 12.1 Å². The molecule has 152 valence electrons. The lowest BCUT2D eigenvalue weighted by atomic mass is 10.1. The molecule has 0 aliphatic heterocycles. The third-order valence-corrected chi connectivity index (χ3v) is 5.00. The number of rotatable bonds is 7. The largest absolute Gasteiger partial charge is 0.417 e. The van der Waals surface area contributed by atoms with E-state index in [1.807, 2.05) is 6.26 Å². The summed E-state index contributed by atoms with van der Waals surface area (Å²) in [5.74, 6) is -1.36. The standard InChI is InChI=1S/C20H20FN3O4S/c1-11-3-4-12(9-14(11)21)18(25)23-15(7-8-29-2)19(26)22-13-5-6-17-16(10-13)24-20(27)28-17/h3-6,9-10,15H,7-8H2,1-2H3,(H,22,26)(H,23,25)(H,24,27). The lowest BCUT2D eigenvalue weighted by Gasteiger charge is -2.18. The van der Waals surface area contributed by atoms with E-state index >= 15 is 0 Å². The predicted molar refractivity (Wildman–Crippen MR) is 111 cm³/mol. The molecule has 0 saturated carbocycles. The van der Waals surface area contributed by atoms with Gasteiger partial charge >= 0.3 is 5.76 Å². The number of oxazole rings is 1. The summed E-state index contributed by atoms with van der Waals surface area (Å²) in [5.41, 5.74) is 1.86. The van der Waals surface area contributed by atoms with Crippen molar-refractivity contribution in [1.82, 2.24) is 10.3 Å². The summed E-state index contributed by atoms with van der Waals surface area (Å²) in [6.45, 7) is 1.61. The topological polar surface area (TPSA) is 104 Å². The van der Waals surface area contributed by atoms with E-state index in [1.54, 1.807) is 36.9 Å². The molecule has 3 rings (SSSR count). The van der Waals surface area contributed by atoms with Gasteiger partial charge < -0.3 is 15.1 Å². The lowest BCUT2D eigenvalue weighted by Crippen LogP contribution is -2.44. The molecule has 2 amide bonds. The third kappa shape index (κ3) is 5.05. The lowest BCUT2D eigenvalue weighted by molar-refractivity contribution is -0.118. The quantitative estimate of drug-likeness (QED) is 0.548. The Bertz CT molecular complexity index is 1110. The zero-order valence-electron chi connectivity index (χ0n) is 15.9. The van der Waals surface area contributed by atoms with Crippen molar-refractivity contribution in [2.75, 3.05) is 17.3 Å². The zero-order valence-corrected chi connectivity index (χ0v) is 16.7. The number of hydrogen-bond acceptors (Lipinski definition) is 5. The van der Waals surface area contributed by atoms with Gasteiger partial charge in [-0.05, 0) is 61.2 Å². The van der Waals surface area contributed by atoms with Gasteiger partial charge in [-0.2, -0.15) is 11.8 Å². The van der Waals surface area contributed by atoms with Crippen molar-refractivity contribution in [1.29, 1.82) is 0 Å². The van der Waals surface area contributed by atoms with Gasteiger partial charge in [0.1, 0.15) is 11.9 Å². The van der Waals surface area contributed by atoms with Gasteiger partial charge in [0.15, 0.2) is 5.58 Å². The van der Waals surface area contributed by atoms with Crippen LogP contribution in [-0.2, 0) is 4.79 Å². The number of H-pyrrole nitrogens is 1. The summed E-state index contributed by atoms with van der Waals surface area (Å²) in [6, 6.07) is 8.10. The van der Waals surface area contributed by atoms with Crippen LogP contribution < -0.4 is 16.4 Å². The first kappa shape index (κ1) is 20.7. The molecule has 1 aromatic heterocycles. The van der Waals surface area contributed by atoms with E-state index in [2.05, 4.69) is 15.6 Å². The summed E-state index contributed by atoms with van der Waals surface area (Å²) >= 11 is 1.54. The van der Waals surface area contributed by atoms with Crippen LogP contribution in [0.1, 0.15) is 22.3 Å². The summed E-state index contributed by atoms with van der Waals surface area (Å²) < 4.78 is 18.7. The maximum atomic E-state index is 13.8. The average Bonchev–Trinajstić information content (AvgIpc) is 3.06. The van der Waals surface area contributed by atoms with Crippen molar-refractivity contribution in [3.63, 3.8) is 0 Å². The number of thioether (sulfide) groups is 1. The molecule has 0 aliphatic rings. The Kier molecular flexibility index (Phi) is 6.38. The number of amides is 2. The van der Waals surface area contributed by atoms with Gasteiger partial charge in [-0.1, -0.05) is 6.07 Å². The molecule has 3 aromatic rings. The number of aryl methyl sites for hydroxylation is 1. The highest BCUT2D eigenvalue weighted by Gasteiger charge is 2.22. The van der Waals surface area contributed by atoms with Gasteiger partial charge in [0.2, 0.25) is 5.91 Å². The highest BCUT2D eigenvalue weighted by molar-refractivity contribution is 7.98. The Hall–Kier alpha value is -3.07. The fourth-order valence-electron chi connectivity index (χ4n) is 2.74. The molecule has 0 bridgehead atoms. The van der Waals surface area contributed by atoms with Crippen molar-refractivity contribution in [2.24, 2.45) is 0 Å². The molecule has 3 N–H and O–H groups in total. The molecular formula is C20H20FN3O4S. The van der Waals surface area contributed by atoms with Crippen molar-refractivity contribution in [3.8, 4) is 0 Å². The highest BCUT2D eigenvalue weighted by atomic mass is 32.2. The van der Waals surface area contributed by atoms with Crippen LogP contribution in [0.25, 0.3) is 11.1 Å². The Labute approximate surface area is 170 Å². The maximum absolute atomic E-state index is 13.8. The molecule has 0 aliphatic carbocycles. The second-order valence-corrected chi connectivity index (χ2v) is 7.47. The average molecular weight is 417 g/mol. The SMILES string of the molecule is CSCCC(NC(=O)c1ccc(C)c(F)c1)C(=O)Nc1ccc2oc(=O)[nH]c2c1. The molecule has 0 radical (unpaired) electrons. The van der Waals surface area contributed by atoms with Crippen molar-refractivity contribution < 1.29 is 18.4 Å². The molecule has 2 aromatic carbocycles. The minimum atomic E-state index is -0.807. The molecule has 0 fully saturated rings. The van der Waals surface area contributed by atoms with Crippen molar-refractivity contribution in [3.05, 3.63) is 63.9 Å². The Balaban J connectivity index is 1.75. The molecule has 0 saturated heterocycles. The van der Waals surface area contributed by atoms with E-state index < -0.39 is 29.4 Å². The summed E-state index contributed by atoms with van der Waals surface area (Å²) in [6.07, 6.45) is 2.30. The number of fused-ring (bicyclic) bond motifs is 1. The van der Waals surface area contributed by atoms with Crippen LogP contribution in [0.2, 0.25) is 0 Å². The number of carbonyl (C=O) groups excluding carboxylic acids is 2. The molecule has 0 spiro atoms. The first-order valence-electron chi connectivity index (χ1n) is 8.87. The van der Waals surface area contributed by atoms with Gasteiger partial charge in [0, 0.05) is 11.3 Å². The van der Waals surface area contributed by atoms with E-state index in [0.29, 0.717) is 34.5 Å². The Morgan fingerprint density at radius 1 is 1.24 bits per heavy atom. The molecule has 1 unspecified atom stereocenters.